The predicted molar refractivity (Wildman–Crippen MR) is 89.7 cm³/mol. The topological polar surface area (TPSA) is 58.1 Å². The summed E-state index contributed by atoms with van der Waals surface area (Å²) in [5.41, 5.74) is 1.11. The van der Waals surface area contributed by atoms with Gasteiger partial charge in [0, 0.05) is 12.5 Å². The van der Waals surface area contributed by atoms with Crippen LogP contribution in [0.4, 0.5) is 0 Å². The highest BCUT2D eigenvalue weighted by Gasteiger charge is 2.34. The van der Waals surface area contributed by atoms with Crippen molar-refractivity contribution in [3.63, 3.8) is 0 Å². The summed E-state index contributed by atoms with van der Waals surface area (Å²) in [6, 6.07) is 7.93. The van der Waals surface area contributed by atoms with E-state index in [9.17, 15) is 9.59 Å². The Morgan fingerprint density at radius 2 is 1.96 bits per heavy atom. The summed E-state index contributed by atoms with van der Waals surface area (Å²) in [4.78, 5) is 30.3. The van der Waals surface area contributed by atoms with E-state index >= 15 is 0 Å². The van der Waals surface area contributed by atoms with Crippen molar-refractivity contribution in [2.45, 2.75) is 44.6 Å². The van der Waals surface area contributed by atoms with E-state index in [4.69, 9.17) is 0 Å². The fraction of sp³-hybridized carbons (Fsp3) is 0.556. The molecule has 0 radical (unpaired) electrons. The molecule has 122 valence electrons. The van der Waals surface area contributed by atoms with E-state index in [-0.39, 0.29) is 11.6 Å². The molecule has 5 nitrogen and oxygen atoms in total. The van der Waals surface area contributed by atoms with Gasteiger partial charge in [-0.05, 0) is 56.8 Å². The molecule has 4 rings (SSSR count). The van der Waals surface area contributed by atoms with Crippen LogP contribution in [0, 0.1) is 5.92 Å². The fourth-order valence-electron chi connectivity index (χ4n) is 4.43. The molecule has 2 aromatic rings. The Kier molecular flexibility index (Phi) is 3.81. The molecule has 2 aliphatic rings. The van der Waals surface area contributed by atoms with Gasteiger partial charge in [0.2, 0.25) is 5.91 Å². The number of aromatic amines is 1. The van der Waals surface area contributed by atoms with Crippen molar-refractivity contribution in [1.29, 1.82) is 0 Å². The quantitative estimate of drug-likeness (QED) is 0.927. The van der Waals surface area contributed by atoms with Crippen molar-refractivity contribution in [2.24, 2.45) is 5.92 Å². The van der Waals surface area contributed by atoms with Crippen molar-refractivity contribution in [2.75, 3.05) is 13.1 Å². The summed E-state index contributed by atoms with van der Waals surface area (Å²) in [5.74, 6) is 0.321. The van der Waals surface area contributed by atoms with E-state index < -0.39 is 0 Å². The number of hydrogen-bond donors (Lipinski definition) is 1. The van der Waals surface area contributed by atoms with Crippen LogP contribution >= 0.6 is 0 Å². The number of para-hydroxylation sites is 2. The second kappa shape index (κ2) is 5.96. The third-order valence-corrected chi connectivity index (χ3v) is 5.50. The normalized spacial score (nSPS) is 25.4. The number of carbonyl (C=O) groups excluding carboxylic acids is 1. The molecular weight excluding hydrogens is 290 g/mol. The zero-order valence-electron chi connectivity index (χ0n) is 13.3. The van der Waals surface area contributed by atoms with E-state index in [2.05, 4.69) is 9.88 Å². The van der Waals surface area contributed by atoms with E-state index in [0.717, 1.165) is 18.4 Å². The van der Waals surface area contributed by atoms with Crippen LogP contribution in [0.5, 0.6) is 0 Å². The van der Waals surface area contributed by atoms with Crippen LogP contribution in [-0.4, -0.2) is 39.5 Å². The molecule has 2 fully saturated rings. The summed E-state index contributed by atoms with van der Waals surface area (Å²) < 4.78 is 1.33. The van der Waals surface area contributed by atoms with E-state index in [0.29, 0.717) is 23.9 Å². The number of hydrogen-bond acceptors (Lipinski definition) is 3. The lowest BCUT2D eigenvalue weighted by Crippen LogP contribution is -2.48. The van der Waals surface area contributed by atoms with Gasteiger partial charge in [-0.2, -0.15) is 0 Å². The highest BCUT2D eigenvalue weighted by atomic mass is 16.2. The van der Waals surface area contributed by atoms with E-state index in [1.807, 2.05) is 24.3 Å². The number of nitrogens with one attached hydrogen (secondary N) is 1. The summed E-state index contributed by atoms with van der Waals surface area (Å²) >= 11 is 0. The molecule has 5 heteroatoms. The van der Waals surface area contributed by atoms with Gasteiger partial charge in [0.15, 0.2) is 0 Å². The Labute approximate surface area is 135 Å². The van der Waals surface area contributed by atoms with Crippen LogP contribution < -0.4 is 5.69 Å². The Hall–Kier alpha value is -1.88. The fourth-order valence-corrected chi connectivity index (χ4v) is 4.43. The SMILES string of the molecule is O=C(C[C@@H]1CCCN2CCCC[C@H]12)n1c(=O)[nH]c2ccccc21. The molecule has 0 aliphatic carbocycles. The summed E-state index contributed by atoms with van der Waals surface area (Å²) in [6.07, 6.45) is 6.48. The standard InChI is InChI=1S/C18H23N3O2/c22-17(21-16-9-2-1-7-14(16)19-18(21)23)12-13-6-5-11-20-10-4-3-8-15(13)20/h1-2,7,9,13,15H,3-6,8,10-12H2,(H,19,23)/t13-,15+/m0/s1. The maximum Gasteiger partial charge on any atom is 0.333 e. The van der Waals surface area contributed by atoms with Gasteiger partial charge >= 0.3 is 5.69 Å². The van der Waals surface area contributed by atoms with Gasteiger partial charge in [0.1, 0.15) is 0 Å². The van der Waals surface area contributed by atoms with Crippen molar-refractivity contribution in [1.82, 2.24) is 14.5 Å². The lowest BCUT2D eigenvalue weighted by Gasteiger charge is -2.44. The van der Waals surface area contributed by atoms with Crippen LogP contribution in [0.2, 0.25) is 0 Å². The van der Waals surface area contributed by atoms with E-state index in [1.54, 1.807) is 0 Å². The molecule has 2 aliphatic heterocycles. The third kappa shape index (κ3) is 2.63. The molecule has 0 spiro atoms. The first-order chi connectivity index (χ1) is 11.2. The average molecular weight is 313 g/mol. The number of rotatable bonds is 2. The predicted octanol–water partition coefficient (Wildman–Crippen LogP) is 2.62. The lowest BCUT2D eigenvalue weighted by atomic mass is 9.81. The molecule has 0 amide bonds. The zero-order valence-corrected chi connectivity index (χ0v) is 13.3. The minimum Gasteiger partial charge on any atom is -0.305 e. The molecule has 1 N–H and O–H groups in total. The third-order valence-electron chi connectivity index (χ3n) is 5.50. The first-order valence-corrected chi connectivity index (χ1v) is 8.71. The number of imidazole rings is 1. The van der Waals surface area contributed by atoms with Gasteiger partial charge in [-0.25, -0.2) is 9.36 Å². The molecule has 0 bridgehead atoms. The van der Waals surface area contributed by atoms with Gasteiger partial charge in [-0.1, -0.05) is 18.6 Å². The second-order valence-electron chi connectivity index (χ2n) is 6.88. The molecule has 2 atom stereocenters. The van der Waals surface area contributed by atoms with Crippen LogP contribution in [-0.2, 0) is 0 Å². The zero-order chi connectivity index (χ0) is 15.8. The lowest BCUT2D eigenvalue weighted by molar-refractivity contribution is 0.0490. The second-order valence-corrected chi connectivity index (χ2v) is 6.88. The Morgan fingerprint density at radius 1 is 1.13 bits per heavy atom. The highest BCUT2D eigenvalue weighted by Crippen LogP contribution is 2.33. The molecular formula is C18H23N3O2. The largest absolute Gasteiger partial charge is 0.333 e. The summed E-state index contributed by atoms with van der Waals surface area (Å²) in [6.45, 7) is 2.34. The van der Waals surface area contributed by atoms with Gasteiger partial charge < -0.3 is 9.88 Å². The van der Waals surface area contributed by atoms with Crippen molar-refractivity contribution in [3.8, 4) is 0 Å². The maximum absolute atomic E-state index is 12.8. The molecule has 3 heterocycles. The number of aromatic nitrogens is 2. The minimum absolute atomic E-state index is 0.0649. The number of nitrogens with zero attached hydrogens (tertiary/aromatic N) is 2. The average Bonchev–Trinajstić information content (AvgIpc) is 2.91. The highest BCUT2D eigenvalue weighted by molar-refractivity contribution is 5.90. The van der Waals surface area contributed by atoms with Crippen molar-refractivity contribution in [3.05, 3.63) is 34.7 Å². The maximum atomic E-state index is 12.8. The van der Waals surface area contributed by atoms with Gasteiger partial charge in [0.05, 0.1) is 11.0 Å². The van der Waals surface area contributed by atoms with E-state index in [1.165, 1.54) is 36.9 Å². The molecule has 23 heavy (non-hydrogen) atoms. The van der Waals surface area contributed by atoms with Crippen LogP contribution in [0.25, 0.3) is 11.0 Å². The molecule has 1 aromatic carbocycles. The summed E-state index contributed by atoms with van der Waals surface area (Å²) in [7, 11) is 0. The van der Waals surface area contributed by atoms with Crippen LogP contribution in [0.3, 0.4) is 0 Å². The first kappa shape index (κ1) is 14.7. The number of piperidine rings is 2. The van der Waals surface area contributed by atoms with Crippen LogP contribution in [0.15, 0.2) is 29.1 Å². The Morgan fingerprint density at radius 3 is 2.87 bits per heavy atom. The number of benzene rings is 1. The molecule has 2 saturated heterocycles. The van der Waals surface area contributed by atoms with Crippen molar-refractivity contribution >= 4 is 16.9 Å². The Bertz CT molecular complexity index is 774. The number of H-pyrrole nitrogens is 1. The summed E-state index contributed by atoms with van der Waals surface area (Å²) in [5, 5.41) is 0. The Balaban J connectivity index is 1.59. The number of carbonyl (C=O) groups is 1. The van der Waals surface area contributed by atoms with Gasteiger partial charge in [-0.3, -0.25) is 4.79 Å². The molecule has 0 unspecified atom stereocenters. The number of fused-ring (bicyclic) bond motifs is 2. The first-order valence-electron chi connectivity index (χ1n) is 8.71. The van der Waals surface area contributed by atoms with Gasteiger partial charge in [-0.15, -0.1) is 0 Å². The van der Waals surface area contributed by atoms with Crippen molar-refractivity contribution < 1.29 is 4.79 Å². The molecule has 0 saturated carbocycles. The molecule has 1 aromatic heterocycles. The van der Waals surface area contributed by atoms with Gasteiger partial charge in [0.25, 0.3) is 0 Å². The van der Waals surface area contributed by atoms with Crippen LogP contribution in [0.1, 0.15) is 43.3 Å². The smallest absolute Gasteiger partial charge is 0.305 e. The minimum atomic E-state index is -0.312. The monoisotopic (exact) mass is 313 g/mol.